The van der Waals surface area contributed by atoms with Gasteiger partial charge in [0.05, 0.1) is 6.04 Å². The molecule has 0 aliphatic carbocycles. The summed E-state index contributed by atoms with van der Waals surface area (Å²) >= 11 is 0. The van der Waals surface area contributed by atoms with Crippen molar-refractivity contribution in [1.82, 2.24) is 10.2 Å². The number of likely N-dealkylation sites (tertiary alicyclic amines) is 1. The molecule has 1 fully saturated rings. The smallest absolute Gasteiger partial charge is 0.258 e. The maximum atomic E-state index is 12.2. The van der Waals surface area contributed by atoms with Gasteiger partial charge in [-0.05, 0) is 57.5 Å². The third-order valence-electron chi connectivity index (χ3n) is 4.93. The number of rotatable bonds is 7. The second-order valence-corrected chi connectivity index (χ2v) is 7.08. The maximum absolute atomic E-state index is 12.2. The number of nitrogens with one attached hydrogen (secondary N) is 1. The van der Waals surface area contributed by atoms with Crippen LogP contribution in [0.25, 0.3) is 0 Å². The molecule has 0 saturated carbocycles. The van der Waals surface area contributed by atoms with Crippen LogP contribution in [0, 0.1) is 13.8 Å². The summed E-state index contributed by atoms with van der Waals surface area (Å²) in [6, 6.07) is 16.6. The summed E-state index contributed by atoms with van der Waals surface area (Å²) in [5, 5.41) is 3.05. The van der Waals surface area contributed by atoms with E-state index in [1.165, 1.54) is 29.5 Å². The van der Waals surface area contributed by atoms with Gasteiger partial charge in [-0.1, -0.05) is 47.5 Å². The standard InChI is InChI=1S/C22H28N2O2/c1-17-5-9-19(10-6-17)21(24-13-3-4-14-24)15-23-22(25)16-26-20-11-7-18(2)8-12-20/h5-12,21H,3-4,13-16H2,1-2H3,(H,23,25)/t21-/m1/s1. The van der Waals surface area contributed by atoms with E-state index < -0.39 is 0 Å². The van der Waals surface area contributed by atoms with Crippen molar-refractivity contribution in [1.29, 1.82) is 0 Å². The number of benzene rings is 2. The lowest BCUT2D eigenvalue weighted by Crippen LogP contribution is -2.38. The lowest BCUT2D eigenvalue weighted by atomic mass is 10.0. The molecule has 1 aliphatic rings. The zero-order valence-electron chi connectivity index (χ0n) is 15.7. The Kier molecular flexibility index (Phi) is 6.29. The van der Waals surface area contributed by atoms with Crippen molar-refractivity contribution in [3.05, 3.63) is 65.2 Å². The van der Waals surface area contributed by atoms with Crippen LogP contribution in [0.1, 0.15) is 35.6 Å². The molecule has 3 rings (SSSR count). The van der Waals surface area contributed by atoms with Crippen LogP contribution < -0.4 is 10.1 Å². The Bertz CT molecular complexity index is 704. The van der Waals surface area contributed by atoms with E-state index >= 15 is 0 Å². The van der Waals surface area contributed by atoms with E-state index in [-0.39, 0.29) is 18.6 Å². The monoisotopic (exact) mass is 352 g/mol. The van der Waals surface area contributed by atoms with Gasteiger partial charge in [-0.3, -0.25) is 9.69 Å². The fraction of sp³-hybridized carbons (Fsp3) is 0.409. The highest BCUT2D eigenvalue weighted by atomic mass is 16.5. The van der Waals surface area contributed by atoms with E-state index in [0.29, 0.717) is 6.54 Å². The van der Waals surface area contributed by atoms with Crippen LogP contribution in [0.2, 0.25) is 0 Å². The maximum Gasteiger partial charge on any atom is 0.258 e. The van der Waals surface area contributed by atoms with Crippen molar-refractivity contribution in [3.8, 4) is 5.75 Å². The molecule has 4 nitrogen and oxygen atoms in total. The number of aryl methyl sites for hydroxylation is 2. The Balaban J connectivity index is 1.55. The molecule has 1 N–H and O–H groups in total. The van der Waals surface area contributed by atoms with Gasteiger partial charge in [0, 0.05) is 6.54 Å². The summed E-state index contributed by atoms with van der Waals surface area (Å²) in [4.78, 5) is 14.7. The molecule has 0 radical (unpaired) electrons. The number of carbonyl (C=O) groups is 1. The van der Waals surface area contributed by atoms with Crippen molar-refractivity contribution in [2.75, 3.05) is 26.2 Å². The molecule has 0 bridgehead atoms. The predicted octanol–water partition coefficient (Wildman–Crippen LogP) is 3.64. The fourth-order valence-corrected chi connectivity index (χ4v) is 3.34. The van der Waals surface area contributed by atoms with Gasteiger partial charge in [-0.25, -0.2) is 0 Å². The first-order chi connectivity index (χ1) is 12.6. The summed E-state index contributed by atoms with van der Waals surface area (Å²) in [5.74, 6) is 0.641. The molecular weight excluding hydrogens is 324 g/mol. The lowest BCUT2D eigenvalue weighted by molar-refractivity contribution is -0.123. The summed E-state index contributed by atoms with van der Waals surface area (Å²) in [5.41, 5.74) is 3.69. The van der Waals surface area contributed by atoms with Gasteiger partial charge in [0.1, 0.15) is 5.75 Å². The van der Waals surface area contributed by atoms with E-state index in [1.54, 1.807) is 0 Å². The molecule has 1 amide bonds. The molecule has 4 heteroatoms. The van der Waals surface area contributed by atoms with Crippen LogP contribution in [-0.4, -0.2) is 37.0 Å². The number of ether oxygens (including phenoxy) is 1. The van der Waals surface area contributed by atoms with Gasteiger partial charge in [-0.15, -0.1) is 0 Å². The van der Waals surface area contributed by atoms with Crippen LogP contribution in [0.15, 0.2) is 48.5 Å². The van der Waals surface area contributed by atoms with Crippen LogP contribution in [0.5, 0.6) is 5.75 Å². The molecule has 26 heavy (non-hydrogen) atoms. The minimum atomic E-state index is -0.0816. The highest BCUT2D eigenvalue weighted by Crippen LogP contribution is 2.24. The zero-order chi connectivity index (χ0) is 18.4. The Hall–Kier alpha value is -2.33. The molecule has 1 atom stereocenters. The number of amides is 1. The van der Waals surface area contributed by atoms with Crippen molar-refractivity contribution in [3.63, 3.8) is 0 Å². The second-order valence-electron chi connectivity index (χ2n) is 7.08. The summed E-state index contributed by atoms with van der Waals surface area (Å²) in [7, 11) is 0. The predicted molar refractivity (Wildman–Crippen MR) is 104 cm³/mol. The van der Waals surface area contributed by atoms with E-state index in [4.69, 9.17) is 4.74 Å². The topological polar surface area (TPSA) is 41.6 Å². The Morgan fingerprint density at radius 1 is 1.00 bits per heavy atom. The molecule has 0 unspecified atom stereocenters. The minimum absolute atomic E-state index is 0.0453. The molecule has 0 aromatic heterocycles. The van der Waals surface area contributed by atoms with Gasteiger partial charge < -0.3 is 10.1 Å². The fourth-order valence-electron chi connectivity index (χ4n) is 3.34. The average Bonchev–Trinajstić information content (AvgIpc) is 3.17. The van der Waals surface area contributed by atoms with E-state index in [9.17, 15) is 4.79 Å². The first-order valence-corrected chi connectivity index (χ1v) is 9.38. The van der Waals surface area contributed by atoms with Crippen molar-refractivity contribution in [2.45, 2.75) is 32.7 Å². The SMILES string of the molecule is Cc1ccc(OCC(=O)NC[C@H](c2ccc(C)cc2)N2CCCC2)cc1. The average molecular weight is 352 g/mol. The Morgan fingerprint density at radius 2 is 1.58 bits per heavy atom. The number of carbonyl (C=O) groups excluding carboxylic acids is 1. The molecular formula is C22H28N2O2. The molecule has 138 valence electrons. The Labute approximate surface area is 156 Å². The van der Waals surface area contributed by atoms with Gasteiger partial charge in [0.2, 0.25) is 0 Å². The van der Waals surface area contributed by atoms with Crippen LogP contribution in [0.3, 0.4) is 0 Å². The molecule has 2 aromatic rings. The normalized spacial score (nSPS) is 15.6. The summed E-state index contributed by atoms with van der Waals surface area (Å²) in [6.45, 7) is 6.96. The van der Waals surface area contributed by atoms with Crippen LogP contribution in [-0.2, 0) is 4.79 Å². The van der Waals surface area contributed by atoms with E-state index in [0.717, 1.165) is 18.8 Å². The van der Waals surface area contributed by atoms with Gasteiger partial charge in [0.15, 0.2) is 6.61 Å². The summed E-state index contributed by atoms with van der Waals surface area (Å²) < 4.78 is 5.58. The molecule has 0 spiro atoms. The number of hydrogen-bond donors (Lipinski definition) is 1. The molecule has 1 saturated heterocycles. The molecule has 1 aliphatic heterocycles. The molecule has 2 aromatic carbocycles. The van der Waals surface area contributed by atoms with Crippen LogP contribution >= 0.6 is 0 Å². The third-order valence-corrected chi connectivity index (χ3v) is 4.93. The largest absolute Gasteiger partial charge is 0.484 e. The van der Waals surface area contributed by atoms with E-state index in [2.05, 4.69) is 41.4 Å². The highest BCUT2D eigenvalue weighted by Gasteiger charge is 2.23. The third kappa shape index (κ3) is 5.09. The van der Waals surface area contributed by atoms with Gasteiger partial charge in [0.25, 0.3) is 5.91 Å². The molecule has 1 heterocycles. The second kappa shape index (κ2) is 8.86. The van der Waals surface area contributed by atoms with Crippen molar-refractivity contribution >= 4 is 5.91 Å². The first-order valence-electron chi connectivity index (χ1n) is 9.38. The van der Waals surface area contributed by atoms with Crippen molar-refractivity contribution in [2.24, 2.45) is 0 Å². The highest BCUT2D eigenvalue weighted by molar-refractivity contribution is 5.77. The van der Waals surface area contributed by atoms with E-state index in [1.807, 2.05) is 31.2 Å². The van der Waals surface area contributed by atoms with Crippen molar-refractivity contribution < 1.29 is 9.53 Å². The minimum Gasteiger partial charge on any atom is -0.484 e. The number of hydrogen-bond acceptors (Lipinski definition) is 3. The van der Waals surface area contributed by atoms with Gasteiger partial charge in [-0.2, -0.15) is 0 Å². The number of nitrogens with zero attached hydrogens (tertiary/aromatic N) is 1. The zero-order valence-corrected chi connectivity index (χ0v) is 15.7. The Morgan fingerprint density at radius 3 is 2.19 bits per heavy atom. The first kappa shape index (κ1) is 18.5. The summed E-state index contributed by atoms with van der Waals surface area (Å²) in [6.07, 6.45) is 2.46. The lowest BCUT2D eigenvalue weighted by Gasteiger charge is -2.28. The van der Waals surface area contributed by atoms with Gasteiger partial charge >= 0.3 is 0 Å². The quantitative estimate of drug-likeness (QED) is 0.827. The van der Waals surface area contributed by atoms with Crippen LogP contribution in [0.4, 0.5) is 0 Å².